The number of rotatable bonds is 6. The molecule has 2 rings (SSSR count). The predicted octanol–water partition coefficient (Wildman–Crippen LogP) is 0.904. The van der Waals surface area contributed by atoms with Crippen molar-refractivity contribution in [1.29, 1.82) is 0 Å². The second-order valence-corrected chi connectivity index (χ2v) is 4.86. The molecule has 1 heterocycles. The van der Waals surface area contributed by atoms with E-state index < -0.39 is 12.1 Å². The van der Waals surface area contributed by atoms with Gasteiger partial charge in [-0.1, -0.05) is 42.1 Å². The minimum atomic E-state index is -0.939. The van der Waals surface area contributed by atoms with E-state index in [1.165, 1.54) is 4.68 Å². The van der Waals surface area contributed by atoms with E-state index in [0.717, 1.165) is 17.3 Å². The van der Waals surface area contributed by atoms with Crippen molar-refractivity contribution >= 4 is 17.7 Å². The lowest BCUT2D eigenvalue weighted by molar-refractivity contribution is -0.133. The van der Waals surface area contributed by atoms with Gasteiger partial charge in [-0.3, -0.25) is 4.79 Å². The van der Waals surface area contributed by atoms with E-state index in [1.54, 1.807) is 7.11 Å². The molecule has 1 aromatic heterocycles. The lowest BCUT2D eigenvalue weighted by Gasteiger charge is -2.14. The van der Waals surface area contributed by atoms with Gasteiger partial charge in [-0.25, -0.2) is 4.68 Å². The van der Waals surface area contributed by atoms with Crippen LogP contribution in [0.25, 0.3) is 0 Å². The van der Waals surface area contributed by atoms with Crippen molar-refractivity contribution in [3.05, 3.63) is 41.7 Å². The molecular formula is C12H14N4O3S. The topological polar surface area (TPSA) is 103 Å². The molecule has 7 nitrogen and oxygen atoms in total. The van der Waals surface area contributed by atoms with Gasteiger partial charge in [0.2, 0.25) is 5.16 Å². The van der Waals surface area contributed by atoms with Gasteiger partial charge >= 0.3 is 5.97 Å². The molecule has 1 unspecified atom stereocenters. The second kappa shape index (κ2) is 6.40. The molecule has 0 spiro atoms. The first kappa shape index (κ1) is 14.4. The molecule has 0 bridgehead atoms. The van der Waals surface area contributed by atoms with Crippen LogP contribution in [0, 0.1) is 0 Å². The van der Waals surface area contributed by atoms with E-state index in [4.69, 9.17) is 15.7 Å². The Bertz CT molecular complexity index is 588. The highest BCUT2D eigenvalue weighted by atomic mass is 32.2. The molecule has 0 amide bonds. The number of carboxylic acid groups (broad SMARTS) is 1. The van der Waals surface area contributed by atoms with Crippen molar-refractivity contribution in [2.45, 2.75) is 11.3 Å². The first-order valence-corrected chi connectivity index (χ1v) is 6.74. The Morgan fingerprint density at radius 3 is 2.75 bits per heavy atom. The zero-order chi connectivity index (χ0) is 14.5. The number of hydrogen-bond donors (Lipinski definition) is 2. The van der Waals surface area contributed by atoms with Crippen LogP contribution in [-0.4, -0.2) is 38.8 Å². The number of benzene rings is 1. The monoisotopic (exact) mass is 294 g/mol. The fourth-order valence-corrected chi connectivity index (χ4v) is 2.29. The number of nitrogens with two attached hydrogens (primary N) is 1. The van der Waals surface area contributed by atoms with Crippen molar-refractivity contribution in [3.63, 3.8) is 0 Å². The van der Waals surface area contributed by atoms with Crippen LogP contribution in [-0.2, 0) is 9.53 Å². The molecule has 0 aliphatic rings. The third-order valence-electron chi connectivity index (χ3n) is 2.59. The molecule has 3 N–H and O–H groups in total. The summed E-state index contributed by atoms with van der Waals surface area (Å²) in [7, 11) is 1.55. The van der Waals surface area contributed by atoms with E-state index in [0.29, 0.717) is 11.0 Å². The lowest BCUT2D eigenvalue weighted by Crippen LogP contribution is -2.19. The molecule has 20 heavy (non-hydrogen) atoms. The smallest absolute Gasteiger partial charge is 0.313 e. The predicted molar refractivity (Wildman–Crippen MR) is 73.8 cm³/mol. The summed E-state index contributed by atoms with van der Waals surface area (Å²) >= 11 is 1.01. The molecule has 0 saturated heterocycles. The average Bonchev–Trinajstić information content (AvgIpc) is 2.80. The third-order valence-corrected chi connectivity index (χ3v) is 3.52. The Kier molecular flexibility index (Phi) is 4.59. The number of nitrogens with zero attached hydrogens (tertiary/aromatic N) is 3. The van der Waals surface area contributed by atoms with Gasteiger partial charge in [0.15, 0.2) is 5.82 Å². The minimum Gasteiger partial charge on any atom is -0.481 e. The van der Waals surface area contributed by atoms with E-state index in [1.807, 2.05) is 30.3 Å². The summed E-state index contributed by atoms with van der Waals surface area (Å²) in [5, 5.41) is 16.9. The van der Waals surface area contributed by atoms with Crippen LogP contribution < -0.4 is 5.84 Å². The fourth-order valence-electron chi connectivity index (χ4n) is 1.71. The molecule has 8 heteroatoms. The molecule has 1 aromatic carbocycles. The highest BCUT2D eigenvalue weighted by Gasteiger charge is 2.22. The Balaban J connectivity index is 2.25. The van der Waals surface area contributed by atoms with Gasteiger partial charge in [0.05, 0.1) is 5.75 Å². The average molecular weight is 294 g/mol. The molecular weight excluding hydrogens is 280 g/mol. The number of aliphatic carboxylic acids is 1. The van der Waals surface area contributed by atoms with Gasteiger partial charge in [0, 0.05) is 7.11 Å². The number of carboxylic acids is 1. The van der Waals surface area contributed by atoms with Crippen LogP contribution in [0.1, 0.15) is 17.5 Å². The van der Waals surface area contributed by atoms with Crippen molar-refractivity contribution in [2.75, 3.05) is 18.7 Å². The van der Waals surface area contributed by atoms with Crippen LogP contribution >= 0.6 is 11.8 Å². The SMILES string of the molecule is COC(c1ccccc1)c1nnc(SCC(=O)O)n1N. The summed E-state index contributed by atoms with van der Waals surface area (Å²) in [6.45, 7) is 0. The zero-order valence-corrected chi connectivity index (χ0v) is 11.6. The number of ether oxygens (including phenoxy) is 1. The van der Waals surface area contributed by atoms with Gasteiger partial charge in [-0.05, 0) is 5.56 Å². The summed E-state index contributed by atoms with van der Waals surface area (Å²) in [5.41, 5.74) is 0.892. The van der Waals surface area contributed by atoms with Crippen LogP contribution in [0.4, 0.5) is 0 Å². The molecule has 1 atom stereocenters. The minimum absolute atomic E-state index is 0.127. The fraction of sp³-hybridized carbons (Fsp3) is 0.250. The van der Waals surface area contributed by atoms with Crippen molar-refractivity contribution < 1.29 is 14.6 Å². The Hall–Kier alpha value is -2.06. The Labute approximate surface area is 119 Å². The first-order valence-electron chi connectivity index (χ1n) is 5.76. The van der Waals surface area contributed by atoms with Crippen molar-refractivity contribution in [3.8, 4) is 0 Å². The standard InChI is InChI=1S/C12H14N4O3S/c1-19-10(8-5-3-2-4-6-8)11-14-15-12(16(11)13)20-7-9(17)18/h2-6,10H,7,13H2,1H3,(H,17,18). The Morgan fingerprint density at radius 2 is 2.15 bits per heavy atom. The third kappa shape index (κ3) is 3.09. The molecule has 0 aliphatic heterocycles. The van der Waals surface area contributed by atoms with Gasteiger partial charge < -0.3 is 15.7 Å². The lowest BCUT2D eigenvalue weighted by atomic mass is 10.1. The summed E-state index contributed by atoms with van der Waals surface area (Å²) in [6.07, 6.45) is -0.451. The van der Waals surface area contributed by atoms with Crippen molar-refractivity contribution in [2.24, 2.45) is 0 Å². The van der Waals surface area contributed by atoms with E-state index in [9.17, 15) is 4.79 Å². The van der Waals surface area contributed by atoms with Gasteiger partial charge in [-0.2, -0.15) is 0 Å². The van der Waals surface area contributed by atoms with E-state index >= 15 is 0 Å². The molecule has 2 aromatic rings. The molecule has 0 aliphatic carbocycles. The quantitative estimate of drug-likeness (QED) is 0.602. The normalized spacial score (nSPS) is 12.2. The van der Waals surface area contributed by atoms with Crippen molar-refractivity contribution in [1.82, 2.24) is 14.9 Å². The largest absolute Gasteiger partial charge is 0.481 e. The number of hydrogen-bond acceptors (Lipinski definition) is 6. The van der Waals surface area contributed by atoms with Crippen LogP contribution in [0.5, 0.6) is 0 Å². The zero-order valence-electron chi connectivity index (χ0n) is 10.8. The maximum Gasteiger partial charge on any atom is 0.313 e. The summed E-state index contributed by atoms with van der Waals surface area (Å²) < 4.78 is 6.67. The summed E-state index contributed by atoms with van der Waals surface area (Å²) in [6, 6.07) is 9.47. The van der Waals surface area contributed by atoms with Crippen LogP contribution in [0.2, 0.25) is 0 Å². The molecule has 0 radical (unpaired) electrons. The maximum atomic E-state index is 10.6. The number of methoxy groups -OCH3 is 1. The number of carbonyl (C=O) groups is 1. The number of nitrogen functional groups attached to an aromatic ring is 1. The number of thioether (sulfide) groups is 1. The van der Waals surface area contributed by atoms with E-state index in [-0.39, 0.29) is 5.75 Å². The summed E-state index contributed by atoms with van der Waals surface area (Å²) in [4.78, 5) is 10.6. The second-order valence-electron chi connectivity index (χ2n) is 3.92. The maximum absolute atomic E-state index is 10.6. The summed E-state index contributed by atoms with van der Waals surface area (Å²) in [5.74, 6) is 5.26. The van der Waals surface area contributed by atoms with Gasteiger partial charge in [0.1, 0.15) is 6.10 Å². The highest BCUT2D eigenvalue weighted by Crippen LogP contribution is 2.25. The molecule has 0 fully saturated rings. The molecule has 0 saturated carbocycles. The van der Waals surface area contributed by atoms with Gasteiger partial charge in [-0.15, -0.1) is 10.2 Å². The van der Waals surface area contributed by atoms with Crippen LogP contribution in [0.15, 0.2) is 35.5 Å². The van der Waals surface area contributed by atoms with Crippen LogP contribution in [0.3, 0.4) is 0 Å². The number of aromatic nitrogens is 3. The molecule has 106 valence electrons. The first-order chi connectivity index (χ1) is 9.63. The van der Waals surface area contributed by atoms with E-state index in [2.05, 4.69) is 10.2 Å². The Morgan fingerprint density at radius 1 is 1.45 bits per heavy atom. The highest BCUT2D eigenvalue weighted by molar-refractivity contribution is 7.99. The van der Waals surface area contributed by atoms with Gasteiger partial charge in [0.25, 0.3) is 0 Å².